The van der Waals surface area contributed by atoms with E-state index in [1.165, 1.54) is 0 Å². The van der Waals surface area contributed by atoms with Crippen molar-refractivity contribution in [3.05, 3.63) is 46.5 Å². The Hall–Kier alpha value is -2.36. The van der Waals surface area contributed by atoms with Crippen LogP contribution in [-0.2, 0) is 22.4 Å². The summed E-state index contributed by atoms with van der Waals surface area (Å²) in [6.45, 7) is 4.21. The van der Waals surface area contributed by atoms with Gasteiger partial charge in [-0.05, 0) is 60.1 Å². The summed E-state index contributed by atoms with van der Waals surface area (Å²) in [5, 5.41) is 17.8. The second kappa shape index (κ2) is 10.4. The first-order valence-electron chi connectivity index (χ1n) is 8.45. The monoisotopic (exact) mass is 330 g/mol. The van der Waals surface area contributed by atoms with Crippen molar-refractivity contribution >= 4 is 24.1 Å². The zero-order chi connectivity index (χ0) is 17.9. The minimum Gasteiger partial charge on any atom is -0.478 e. The third kappa shape index (κ3) is 6.82. The van der Waals surface area contributed by atoms with E-state index in [2.05, 4.69) is 13.8 Å². The van der Waals surface area contributed by atoms with E-state index < -0.39 is 11.9 Å². The maximum atomic E-state index is 10.8. The Labute approximate surface area is 143 Å². The third-order valence-corrected chi connectivity index (χ3v) is 3.81. The lowest BCUT2D eigenvalue weighted by atomic mass is 9.92. The van der Waals surface area contributed by atoms with E-state index in [1.807, 2.05) is 12.1 Å². The van der Waals surface area contributed by atoms with Gasteiger partial charge in [0.05, 0.1) is 0 Å². The molecule has 4 heteroatoms. The van der Waals surface area contributed by atoms with Gasteiger partial charge in [0.1, 0.15) is 0 Å². The van der Waals surface area contributed by atoms with Crippen LogP contribution < -0.4 is 0 Å². The molecule has 0 fully saturated rings. The van der Waals surface area contributed by atoms with Crippen LogP contribution in [0.4, 0.5) is 0 Å². The van der Waals surface area contributed by atoms with Crippen molar-refractivity contribution in [1.82, 2.24) is 0 Å². The Bertz CT molecular complexity index is 571. The average molecular weight is 330 g/mol. The molecule has 0 aromatic heterocycles. The molecular weight excluding hydrogens is 304 g/mol. The minimum absolute atomic E-state index is 0.845. The van der Waals surface area contributed by atoms with Crippen LogP contribution in [0, 0.1) is 0 Å². The second-order valence-electron chi connectivity index (χ2n) is 5.80. The predicted octanol–water partition coefficient (Wildman–Crippen LogP) is 4.57. The van der Waals surface area contributed by atoms with Gasteiger partial charge in [-0.25, -0.2) is 9.59 Å². The third-order valence-electron chi connectivity index (χ3n) is 3.81. The van der Waals surface area contributed by atoms with Gasteiger partial charge in [0.2, 0.25) is 0 Å². The molecule has 24 heavy (non-hydrogen) atoms. The normalized spacial score (nSPS) is 11.4. The molecular formula is C20H26O4. The number of benzene rings is 1. The van der Waals surface area contributed by atoms with Crippen molar-refractivity contribution in [3.8, 4) is 0 Å². The number of carboxylic acid groups (broad SMARTS) is 2. The van der Waals surface area contributed by atoms with E-state index in [4.69, 9.17) is 10.2 Å². The zero-order valence-electron chi connectivity index (χ0n) is 14.4. The molecule has 0 radical (unpaired) electrons. The number of unbranched alkanes of at least 4 members (excludes halogenated alkanes) is 2. The highest BCUT2D eigenvalue weighted by Crippen LogP contribution is 2.23. The van der Waals surface area contributed by atoms with Gasteiger partial charge in [-0.3, -0.25) is 0 Å². The number of aliphatic carboxylic acids is 2. The Morgan fingerprint density at radius 2 is 1.21 bits per heavy atom. The Morgan fingerprint density at radius 1 is 0.833 bits per heavy atom. The molecule has 0 unspecified atom stereocenters. The largest absolute Gasteiger partial charge is 0.478 e. The van der Waals surface area contributed by atoms with Crippen LogP contribution in [0.25, 0.3) is 12.2 Å². The van der Waals surface area contributed by atoms with Crippen LogP contribution in [0.3, 0.4) is 0 Å². The van der Waals surface area contributed by atoms with Gasteiger partial charge in [-0.2, -0.15) is 0 Å². The van der Waals surface area contributed by atoms with Crippen LogP contribution >= 0.6 is 0 Å². The summed E-state index contributed by atoms with van der Waals surface area (Å²) in [5.74, 6) is -1.94. The van der Waals surface area contributed by atoms with Crippen molar-refractivity contribution in [2.45, 2.75) is 52.4 Å². The molecule has 0 atom stereocenters. The predicted molar refractivity (Wildman–Crippen MR) is 97.0 cm³/mol. The van der Waals surface area contributed by atoms with E-state index in [0.717, 1.165) is 72.9 Å². The molecule has 0 bridgehead atoms. The zero-order valence-corrected chi connectivity index (χ0v) is 14.4. The summed E-state index contributed by atoms with van der Waals surface area (Å²) in [4.78, 5) is 21.7. The molecule has 0 aliphatic rings. The number of aryl methyl sites for hydroxylation is 2. The lowest BCUT2D eigenvalue weighted by molar-refractivity contribution is -0.132. The van der Waals surface area contributed by atoms with Gasteiger partial charge in [0.25, 0.3) is 0 Å². The summed E-state index contributed by atoms with van der Waals surface area (Å²) in [5.41, 5.74) is 3.92. The summed E-state index contributed by atoms with van der Waals surface area (Å²) in [7, 11) is 0. The summed E-state index contributed by atoms with van der Waals surface area (Å²) in [6, 6.07) is 4.00. The molecule has 1 rings (SSSR count). The molecule has 0 aliphatic carbocycles. The smallest absolute Gasteiger partial charge is 0.328 e. The lowest BCUT2D eigenvalue weighted by Gasteiger charge is -2.13. The molecule has 4 nitrogen and oxygen atoms in total. The quantitative estimate of drug-likeness (QED) is 0.616. The first kappa shape index (κ1) is 19.7. The van der Waals surface area contributed by atoms with E-state index in [9.17, 15) is 9.59 Å². The maximum Gasteiger partial charge on any atom is 0.328 e. The molecule has 0 amide bonds. The molecule has 0 aliphatic heterocycles. The van der Waals surface area contributed by atoms with Gasteiger partial charge < -0.3 is 10.2 Å². The fourth-order valence-electron chi connectivity index (χ4n) is 2.53. The Morgan fingerprint density at radius 3 is 1.50 bits per heavy atom. The number of carboxylic acids is 2. The SMILES string of the molecule is CCCCc1cc(/C=C/C(=O)O)c(CCCC)cc1/C=C/C(=O)O. The van der Waals surface area contributed by atoms with Crippen molar-refractivity contribution in [1.29, 1.82) is 0 Å². The average Bonchev–Trinajstić information content (AvgIpc) is 2.54. The van der Waals surface area contributed by atoms with Crippen molar-refractivity contribution in [2.24, 2.45) is 0 Å². The first-order valence-corrected chi connectivity index (χ1v) is 8.45. The summed E-state index contributed by atoms with van der Waals surface area (Å²) in [6.07, 6.45) is 11.4. The van der Waals surface area contributed by atoms with Crippen molar-refractivity contribution < 1.29 is 19.8 Å². The highest BCUT2D eigenvalue weighted by Gasteiger charge is 2.08. The standard InChI is InChI=1S/C20H26O4/c1-3-5-7-15-13-18(10-12-20(23)24)16(8-6-4-2)14-17(15)9-11-19(21)22/h9-14H,3-8H2,1-2H3,(H,21,22)(H,23,24)/b11-9+,12-10+. The fourth-order valence-corrected chi connectivity index (χ4v) is 2.53. The number of carbonyl (C=O) groups is 2. The molecule has 1 aromatic carbocycles. The highest BCUT2D eigenvalue weighted by molar-refractivity contribution is 5.87. The Kier molecular flexibility index (Phi) is 8.55. The molecule has 0 spiro atoms. The minimum atomic E-state index is -0.971. The highest BCUT2D eigenvalue weighted by atomic mass is 16.4. The maximum absolute atomic E-state index is 10.8. The molecule has 0 saturated carbocycles. The number of hydrogen-bond donors (Lipinski definition) is 2. The molecule has 0 saturated heterocycles. The topological polar surface area (TPSA) is 74.6 Å². The molecule has 0 heterocycles. The van der Waals surface area contributed by atoms with E-state index in [1.54, 1.807) is 12.2 Å². The molecule has 2 N–H and O–H groups in total. The van der Waals surface area contributed by atoms with E-state index in [0.29, 0.717) is 0 Å². The van der Waals surface area contributed by atoms with E-state index >= 15 is 0 Å². The fraction of sp³-hybridized carbons (Fsp3) is 0.400. The summed E-state index contributed by atoms with van der Waals surface area (Å²) >= 11 is 0. The summed E-state index contributed by atoms with van der Waals surface area (Å²) < 4.78 is 0. The molecule has 1 aromatic rings. The van der Waals surface area contributed by atoms with E-state index in [-0.39, 0.29) is 0 Å². The Balaban J connectivity index is 3.33. The first-order chi connectivity index (χ1) is 11.5. The molecule has 130 valence electrons. The van der Waals surface area contributed by atoms with Gasteiger partial charge in [0, 0.05) is 12.2 Å². The van der Waals surface area contributed by atoms with Crippen LogP contribution in [0.5, 0.6) is 0 Å². The number of rotatable bonds is 10. The van der Waals surface area contributed by atoms with Gasteiger partial charge in [0.15, 0.2) is 0 Å². The van der Waals surface area contributed by atoms with Crippen LogP contribution in [-0.4, -0.2) is 22.2 Å². The van der Waals surface area contributed by atoms with Gasteiger partial charge in [-0.1, -0.05) is 38.8 Å². The van der Waals surface area contributed by atoms with Gasteiger partial charge >= 0.3 is 11.9 Å². The van der Waals surface area contributed by atoms with Crippen LogP contribution in [0.15, 0.2) is 24.3 Å². The number of hydrogen-bond acceptors (Lipinski definition) is 2. The second-order valence-corrected chi connectivity index (χ2v) is 5.80. The van der Waals surface area contributed by atoms with Crippen molar-refractivity contribution in [3.63, 3.8) is 0 Å². The van der Waals surface area contributed by atoms with Crippen LogP contribution in [0.1, 0.15) is 61.8 Å². The van der Waals surface area contributed by atoms with Crippen LogP contribution in [0.2, 0.25) is 0 Å². The van der Waals surface area contributed by atoms with Crippen molar-refractivity contribution in [2.75, 3.05) is 0 Å². The van der Waals surface area contributed by atoms with Gasteiger partial charge in [-0.15, -0.1) is 0 Å². The lowest BCUT2D eigenvalue weighted by Crippen LogP contribution is -1.99.